The third kappa shape index (κ3) is 4.79. The van der Waals surface area contributed by atoms with Crippen LogP contribution in [0.3, 0.4) is 0 Å². The average molecular weight is 199 g/mol. The molecule has 3 N–H and O–H groups in total. The summed E-state index contributed by atoms with van der Waals surface area (Å²) in [5, 5.41) is 20.3. The minimum atomic E-state index is -0.961. The number of nitrogens with one attached hydrogen (secondary N) is 1. The van der Waals surface area contributed by atoms with E-state index < -0.39 is 5.54 Å². The molecule has 0 saturated carbocycles. The highest BCUT2D eigenvalue weighted by Gasteiger charge is 2.23. The Morgan fingerprint density at radius 3 is 2.36 bits per heavy atom. The van der Waals surface area contributed by atoms with Crippen molar-refractivity contribution in [2.24, 2.45) is 0 Å². The first-order valence-electron chi connectivity index (χ1n) is 4.41. The Labute approximate surface area is 83.9 Å². The van der Waals surface area contributed by atoms with Crippen LogP contribution in [0.25, 0.3) is 0 Å². The van der Waals surface area contributed by atoms with Crippen LogP contribution >= 0.6 is 0 Å². The Hall–Kier alpha value is -1.13. The zero-order valence-electron chi connectivity index (χ0n) is 8.53. The highest BCUT2D eigenvalue weighted by Crippen LogP contribution is 2.00. The predicted molar refractivity (Wildman–Crippen MR) is 54.7 cm³/mol. The highest BCUT2D eigenvalue weighted by molar-refractivity contribution is 5.88. The molecule has 0 aliphatic rings. The number of aliphatic hydroxyl groups is 2. The molecule has 0 heterocycles. The van der Waals surface area contributed by atoms with Gasteiger partial charge in [0.1, 0.15) is 0 Å². The maximum Gasteiger partial charge on any atom is 0.244 e. The van der Waals surface area contributed by atoms with Crippen molar-refractivity contribution >= 4 is 5.91 Å². The lowest BCUT2D eigenvalue weighted by atomic mass is 10.1. The van der Waals surface area contributed by atoms with Gasteiger partial charge in [0.25, 0.3) is 0 Å². The molecule has 0 saturated heterocycles. The predicted octanol–water partition coefficient (Wildman–Crippen LogP) is -0.0218. The van der Waals surface area contributed by atoms with Crippen molar-refractivity contribution in [1.29, 1.82) is 0 Å². The molecule has 0 aromatic heterocycles. The van der Waals surface area contributed by atoms with E-state index in [9.17, 15) is 4.79 Å². The van der Waals surface area contributed by atoms with E-state index in [0.717, 1.165) is 0 Å². The van der Waals surface area contributed by atoms with Gasteiger partial charge in [-0.2, -0.15) is 0 Å². The second-order valence-corrected chi connectivity index (χ2v) is 3.25. The normalized spacial score (nSPS) is 12.6. The van der Waals surface area contributed by atoms with Gasteiger partial charge < -0.3 is 15.5 Å². The maximum atomic E-state index is 11.2. The summed E-state index contributed by atoms with van der Waals surface area (Å²) in [6.45, 7) is 2.81. The van der Waals surface area contributed by atoms with E-state index in [0.29, 0.717) is 0 Å². The van der Waals surface area contributed by atoms with E-state index in [2.05, 4.69) is 5.32 Å². The number of aliphatic hydroxyl groups excluding tert-OH is 2. The molecule has 0 rings (SSSR count). The molecule has 0 bridgehead atoms. The fourth-order valence-corrected chi connectivity index (χ4v) is 0.722. The third-order valence-electron chi connectivity index (χ3n) is 1.67. The fourth-order valence-electron chi connectivity index (χ4n) is 0.722. The lowest BCUT2D eigenvalue weighted by Gasteiger charge is -2.25. The van der Waals surface area contributed by atoms with Crippen LogP contribution in [0.1, 0.15) is 13.8 Å². The Balaban J connectivity index is 4.17. The molecule has 4 nitrogen and oxygen atoms in total. The standard InChI is InChI=1S/C10H17NO3/c1-3-4-5-6-9(14)11-10(2,7-12)8-13/h3-6,12-13H,7-8H2,1-2H3,(H,11,14). The van der Waals surface area contributed by atoms with Gasteiger partial charge in [-0.15, -0.1) is 0 Å². The Morgan fingerprint density at radius 2 is 1.93 bits per heavy atom. The molecular formula is C10H17NO3. The zero-order chi connectivity index (χ0) is 11.0. The minimum absolute atomic E-state index is 0.299. The van der Waals surface area contributed by atoms with Crippen molar-refractivity contribution < 1.29 is 15.0 Å². The number of rotatable bonds is 5. The van der Waals surface area contributed by atoms with Gasteiger partial charge in [0.2, 0.25) is 5.91 Å². The Bertz CT molecular complexity index is 230. The molecule has 0 aromatic carbocycles. The first-order valence-corrected chi connectivity index (χ1v) is 4.41. The van der Waals surface area contributed by atoms with Crippen LogP contribution in [0.15, 0.2) is 24.3 Å². The van der Waals surface area contributed by atoms with Gasteiger partial charge in [0.15, 0.2) is 0 Å². The van der Waals surface area contributed by atoms with E-state index in [1.807, 2.05) is 6.92 Å². The van der Waals surface area contributed by atoms with Crippen LogP contribution < -0.4 is 5.32 Å². The molecule has 0 aliphatic carbocycles. The number of carbonyl (C=O) groups is 1. The molecule has 0 spiro atoms. The third-order valence-corrected chi connectivity index (χ3v) is 1.67. The molecule has 0 radical (unpaired) electrons. The van der Waals surface area contributed by atoms with Gasteiger partial charge in [-0.05, 0) is 13.8 Å². The Morgan fingerprint density at radius 1 is 1.36 bits per heavy atom. The largest absolute Gasteiger partial charge is 0.394 e. The molecule has 0 aliphatic heterocycles. The first kappa shape index (κ1) is 12.9. The SMILES string of the molecule is CC=CC=CC(=O)NC(C)(CO)CO. The number of allylic oxidation sites excluding steroid dienone is 3. The summed E-state index contributed by atoms with van der Waals surface area (Å²) in [5.74, 6) is -0.339. The summed E-state index contributed by atoms with van der Waals surface area (Å²) in [7, 11) is 0. The van der Waals surface area contributed by atoms with Crippen molar-refractivity contribution in [1.82, 2.24) is 5.32 Å². The molecule has 80 valence electrons. The Kier molecular flexibility index (Phi) is 5.83. The molecule has 0 aromatic rings. The van der Waals surface area contributed by atoms with Gasteiger partial charge in [-0.1, -0.05) is 18.2 Å². The van der Waals surface area contributed by atoms with Crippen LogP contribution in [0.5, 0.6) is 0 Å². The van der Waals surface area contributed by atoms with Gasteiger partial charge in [-0.25, -0.2) is 0 Å². The van der Waals surface area contributed by atoms with Crippen molar-refractivity contribution in [2.75, 3.05) is 13.2 Å². The van der Waals surface area contributed by atoms with E-state index in [-0.39, 0.29) is 19.1 Å². The molecular weight excluding hydrogens is 182 g/mol. The van der Waals surface area contributed by atoms with Gasteiger partial charge in [0, 0.05) is 6.08 Å². The molecule has 4 heteroatoms. The molecule has 0 atom stereocenters. The second kappa shape index (κ2) is 6.34. The van der Waals surface area contributed by atoms with Crippen molar-refractivity contribution in [3.8, 4) is 0 Å². The topological polar surface area (TPSA) is 69.6 Å². The van der Waals surface area contributed by atoms with Crippen LogP contribution in [-0.4, -0.2) is 34.9 Å². The lowest BCUT2D eigenvalue weighted by Crippen LogP contribution is -2.51. The minimum Gasteiger partial charge on any atom is -0.394 e. The summed E-state index contributed by atoms with van der Waals surface area (Å²) in [6.07, 6.45) is 6.43. The summed E-state index contributed by atoms with van der Waals surface area (Å²) >= 11 is 0. The second-order valence-electron chi connectivity index (χ2n) is 3.25. The van der Waals surface area contributed by atoms with Gasteiger partial charge in [-0.3, -0.25) is 4.79 Å². The zero-order valence-corrected chi connectivity index (χ0v) is 8.53. The number of carbonyl (C=O) groups excluding carboxylic acids is 1. The lowest BCUT2D eigenvalue weighted by molar-refractivity contribution is -0.119. The number of amides is 1. The fraction of sp³-hybridized carbons (Fsp3) is 0.500. The van der Waals surface area contributed by atoms with Crippen molar-refractivity contribution in [2.45, 2.75) is 19.4 Å². The van der Waals surface area contributed by atoms with Crippen LogP contribution in [0.2, 0.25) is 0 Å². The molecule has 0 unspecified atom stereocenters. The molecule has 14 heavy (non-hydrogen) atoms. The van der Waals surface area contributed by atoms with Gasteiger partial charge in [0.05, 0.1) is 18.8 Å². The van der Waals surface area contributed by atoms with Crippen molar-refractivity contribution in [3.05, 3.63) is 24.3 Å². The average Bonchev–Trinajstić information content (AvgIpc) is 2.18. The van der Waals surface area contributed by atoms with E-state index in [4.69, 9.17) is 10.2 Å². The molecule has 0 fully saturated rings. The van der Waals surface area contributed by atoms with Gasteiger partial charge >= 0.3 is 0 Å². The monoisotopic (exact) mass is 199 g/mol. The summed E-state index contributed by atoms with van der Waals surface area (Å²) in [5.41, 5.74) is -0.961. The number of hydrogen-bond donors (Lipinski definition) is 3. The highest BCUT2D eigenvalue weighted by atomic mass is 16.3. The van der Waals surface area contributed by atoms with Crippen LogP contribution in [0.4, 0.5) is 0 Å². The van der Waals surface area contributed by atoms with Crippen LogP contribution in [0, 0.1) is 0 Å². The van der Waals surface area contributed by atoms with Crippen LogP contribution in [-0.2, 0) is 4.79 Å². The quantitative estimate of drug-likeness (QED) is 0.430. The summed E-state index contributed by atoms with van der Waals surface area (Å²) < 4.78 is 0. The van der Waals surface area contributed by atoms with E-state index in [1.54, 1.807) is 25.2 Å². The summed E-state index contributed by atoms with van der Waals surface area (Å²) in [6, 6.07) is 0. The summed E-state index contributed by atoms with van der Waals surface area (Å²) in [4.78, 5) is 11.2. The number of hydrogen-bond acceptors (Lipinski definition) is 3. The van der Waals surface area contributed by atoms with Crippen molar-refractivity contribution in [3.63, 3.8) is 0 Å². The first-order chi connectivity index (χ1) is 6.58. The molecule has 1 amide bonds. The maximum absolute atomic E-state index is 11.2. The van der Waals surface area contributed by atoms with E-state index >= 15 is 0 Å². The van der Waals surface area contributed by atoms with E-state index in [1.165, 1.54) is 6.08 Å². The smallest absolute Gasteiger partial charge is 0.244 e.